The fraction of sp³-hybridized carbons (Fsp3) is 0.467. The summed E-state index contributed by atoms with van der Waals surface area (Å²) in [5.74, 6) is 1.38. The molecule has 0 spiro atoms. The first-order valence-electron chi connectivity index (χ1n) is 13.1. The molecule has 0 unspecified atom stereocenters. The van der Waals surface area contributed by atoms with E-state index in [9.17, 15) is 8.78 Å². The lowest BCUT2D eigenvalue weighted by Gasteiger charge is -2.59. The molecule has 1 N–H and O–H groups in total. The molecule has 2 heterocycles. The van der Waals surface area contributed by atoms with E-state index in [0.29, 0.717) is 17.9 Å². The molecule has 3 aliphatic carbocycles. The van der Waals surface area contributed by atoms with Gasteiger partial charge in [0, 0.05) is 54.8 Å². The van der Waals surface area contributed by atoms with Crippen LogP contribution in [0.5, 0.6) is 0 Å². The second-order valence-corrected chi connectivity index (χ2v) is 11.2. The average molecular weight is 506 g/mol. The smallest absolute Gasteiger partial charge is 0.264 e. The molecule has 2 bridgehead atoms. The molecular weight excluding hydrogens is 468 g/mol. The van der Waals surface area contributed by atoms with Gasteiger partial charge in [0.1, 0.15) is 11.6 Å². The summed E-state index contributed by atoms with van der Waals surface area (Å²) in [5, 5.41) is 5.19. The zero-order chi connectivity index (χ0) is 26.5. The number of hydrogen-bond donors (Lipinski definition) is 1. The van der Waals surface area contributed by atoms with Gasteiger partial charge in [-0.3, -0.25) is 0 Å². The zero-order valence-electron chi connectivity index (χ0n) is 22.4. The van der Waals surface area contributed by atoms with Crippen molar-refractivity contribution in [1.82, 2.24) is 19.8 Å². The van der Waals surface area contributed by atoms with Gasteiger partial charge in [-0.1, -0.05) is 31.4 Å². The maximum atomic E-state index is 13.4. The lowest BCUT2D eigenvalue weighted by Crippen LogP contribution is -2.57. The van der Waals surface area contributed by atoms with E-state index in [2.05, 4.69) is 59.6 Å². The van der Waals surface area contributed by atoms with Crippen molar-refractivity contribution in [3.8, 4) is 0 Å². The predicted molar refractivity (Wildman–Crippen MR) is 145 cm³/mol. The minimum Gasteiger partial charge on any atom is -0.381 e. The van der Waals surface area contributed by atoms with Crippen LogP contribution >= 0.6 is 0 Å². The van der Waals surface area contributed by atoms with E-state index in [0.717, 1.165) is 66.2 Å². The molecule has 1 aromatic carbocycles. The van der Waals surface area contributed by atoms with Crippen LogP contribution in [0, 0.1) is 19.3 Å². The Hall–Kier alpha value is -3.22. The molecule has 196 valence electrons. The minimum absolute atomic E-state index is 0.0317. The van der Waals surface area contributed by atoms with Crippen molar-refractivity contribution in [3.05, 3.63) is 75.8 Å². The SMILES string of the molecule is C=C1C=c2nc(C)nc(NCc3cccc(C(F)F)c3C)c2=CN1C12CCC(C(=C)N(C)C)(CC1)CC2. The van der Waals surface area contributed by atoms with Crippen molar-refractivity contribution in [2.45, 2.75) is 70.9 Å². The standard InChI is InChI=1S/C30H37F2N5/c1-19-16-26-25(18-37(19)30-13-10-29(11-14-30,12-15-30)21(3)36(5)6)28(35-22(4)34-26)33-17-23-8-7-9-24(20(23)2)27(31)32/h7-9,16,18,27H,1,3,10-15,17H2,2,4-6H3,(H,33,34,35). The normalized spacial score (nSPS) is 24.4. The van der Waals surface area contributed by atoms with Gasteiger partial charge in [-0.15, -0.1) is 0 Å². The monoisotopic (exact) mass is 505 g/mol. The third-order valence-electron chi connectivity index (χ3n) is 9.00. The molecule has 7 heteroatoms. The third kappa shape index (κ3) is 4.32. The topological polar surface area (TPSA) is 44.3 Å². The van der Waals surface area contributed by atoms with Crippen LogP contribution < -0.4 is 15.9 Å². The van der Waals surface area contributed by atoms with E-state index in [1.54, 1.807) is 13.0 Å². The Kier molecular flexibility index (Phi) is 6.37. The second-order valence-electron chi connectivity index (χ2n) is 11.2. The third-order valence-corrected chi connectivity index (χ3v) is 9.00. The molecule has 0 saturated heterocycles. The van der Waals surface area contributed by atoms with Gasteiger partial charge in [0.25, 0.3) is 6.43 Å². The predicted octanol–water partition coefficient (Wildman–Crippen LogP) is 5.16. The van der Waals surface area contributed by atoms with Crippen LogP contribution in [0.15, 0.2) is 42.8 Å². The van der Waals surface area contributed by atoms with Gasteiger partial charge in [0.2, 0.25) is 0 Å². The lowest BCUT2D eigenvalue weighted by atomic mass is 9.55. The number of nitrogens with zero attached hydrogens (tertiary/aromatic N) is 4. The summed E-state index contributed by atoms with van der Waals surface area (Å²) in [7, 11) is 4.20. The Morgan fingerprint density at radius 3 is 2.41 bits per heavy atom. The Labute approximate surface area is 218 Å². The van der Waals surface area contributed by atoms with Crippen LogP contribution in [0.4, 0.5) is 14.6 Å². The van der Waals surface area contributed by atoms with Gasteiger partial charge in [-0.05, 0) is 69.6 Å². The van der Waals surface area contributed by atoms with Crippen molar-refractivity contribution in [2.24, 2.45) is 5.41 Å². The molecular formula is C30H37F2N5. The summed E-state index contributed by atoms with van der Waals surface area (Å²) in [4.78, 5) is 13.9. The number of aryl methyl sites for hydroxylation is 1. The highest BCUT2D eigenvalue weighted by Crippen LogP contribution is 2.58. The number of aromatic nitrogens is 2. The van der Waals surface area contributed by atoms with E-state index in [1.165, 1.54) is 11.8 Å². The summed E-state index contributed by atoms with van der Waals surface area (Å²) >= 11 is 0. The highest BCUT2D eigenvalue weighted by molar-refractivity contribution is 5.57. The first kappa shape index (κ1) is 25.4. The number of benzene rings is 1. The van der Waals surface area contributed by atoms with Crippen LogP contribution in [0.3, 0.4) is 0 Å². The molecule has 2 aromatic rings. The molecule has 1 aromatic heterocycles. The van der Waals surface area contributed by atoms with Crippen molar-refractivity contribution in [3.63, 3.8) is 0 Å². The number of hydrogen-bond acceptors (Lipinski definition) is 5. The summed E-state index contributed by atoms with van der Waals surface area (Å²) in [6, 6.07) is 5.06. The van der Waals surface area contributed by atoms with Crippen LogP contribution in [-0.4, -0.2) is 39.4 Å². The molecule has 3 saturated carbocycles. The highest BCUT2D eigenvalue weighted by atomic mass is 19.3. The number of fused-ring (bicyclic) bond motifs is 4. The fourth-order valence-electron chi connectivity index (χ4n) is 6.60. The zero-order valence-corrected chi connectivity index (χ0v) is 22.4. The van der Waals surface area contributed by atoms with Crippen LogP contribution in [0.2, 0.25) is 0 Å². The van der Waals surface area contributed by atoms with Crippen molar-refractivity contribution >= 4 is 18.1 Å². The van der Waals surface area contributed by atoms with Crippen molar-refractivity contribution in [2.75, 3.05) is 19.4 Å². The largest absolute Gasteiger partial charge is 0.381 e. The van der Waals surface area contributed by atoms with Crippen LogP contribution in [0.25, 0.3) is 12.3 Å². The van der Waals surface area contributed by atoms with E-state index >= 15 is 0 Å². The number of allylic oxidation sites excluding steroid dienone is 2. The van der Waals surface area contributed by atoms with Crippen molar-refractivity contribution in [1.29, 1.82) is 0 Å². The number of halogens is 2. The molecule has 6 rings (SSSR count). The molecule has 4 aliphatic rings. The maximum absolute atomic E-state index is 13.4. The quantitative estimate of drug-likeness (QED) is 0.563. The number of nitrogens with one attached hydrogen (secondary N) is 1. The van der Waals surface area contributed by atoms with E-state index in [4.69, 9.17) is 4.98 Å². The van der Waals surface area contributed by atoms with Crippen LogP contribution in [0.1, 0.15) is 67.5 Å². The first-order valence-corrected chi connectivity index (χ1v) is 13.1. The first-order chi connectivity index (χ1) is 17.5. The minimum atomic E-state index is -2.49. The average Bonchev–Trinajstić information content (AvgIpc) is 2.87. The Bertz CT molecular complexity index is 1350. The second kappa shape index (κ2) is 9.26. The summed E-state index contributed by atoms with van der Waals surface area (Å²) in [5.41, 5.74) is 3.97. The van der Waals surface area contributed by atoms with Gasteiger partial charge in [-0.25, -0.2) is 18.7 Å². The van der Waals surface area contributed by atoms with Gasteiger partial charge in [0.05, 0.1) is 10.6 Å². The molecule has 1 aliphatic heterocycles. The molecule has 37 heavy (non-hydrogen) atoms. The Morgan fingerprint density at radius 2 is 1.78 bits per heavy atom. The summed E-state index contributed by atoms with van der Waals surface area (Å²) < 4.78 is 26.8. The van der Waals surface area contributed by atoms with E-state index < -0.39 is 6.43 Å². The van der Waals surface area contributed by atoms with Gasteiger partial charge < -0.3 is 15.1 Å². The number of anilines is 1. The highest BCUT2D eigenvalue weighted by Gasteiger charge is 2.52. The number of rotatable bonds is 7. The Balaban J connectivity index is 1.46. The summed E-state index contributed by atoms with van der Waals surface area (Å²) in [6.45, 7) is 12.9. The lowest BCUT2D eigenvalue weighted by molar-refractivity contribution is -0.00201. The van der Waals surface area contributed by atoms with Crippen molar-refractivity contribution < 1.29 is 8.78 Å². The maximum Gasteiger partial charge on any atom is 0.264 e. The van der Waals surface area contributed by atoms with E-state index in [1.807, 2.05) is 13.0 Å². The number of alkyl halides is 2. The van der Waals surface area contributed by atoms with E-state index in [-0.39, 0.29) is 16.5 Å². The molecule has 0 atom stereocenters. The van der Waals surface area contributed by atoms with Gasteiger partial charge in [0.15, 0.2) is 0 Å². The fourth-order valence-corrected chi connectivity index (χ4v) is 6.60. The van der Waals surface area contributed by atoms with Gasteiger partial charge in [-0.2, -0.15) is 0 Å². The van der Waals surface area contributed by atoms with Crippen LogP contribution in [-0.2, 0) is 6.54 Å². The molecule has 0 radical (unpaired) electrons. The summed E-state index contributed by atoms with van der Waals surface area (Å²) in [6.07, 6.45) is 8.39. The Morgan fingerprint density at radius 1 is 1.11 bits per heavy atom. The molecule has 5 nitrogen and oxygen atoms in total. The molecule has 0 amide bonds. The van der Waals surface area contributed by atoms with Gasteiger partial charge >= 0.3 is 0 Å². The molecule has 3 fully saturated rings.